The van der Waals surface area contributed by atoms with Crippen molar-refractivity contribution in [1.29, 1.82) is 0 Å². The summed E-state index contributed by atoms with van der Waals surface area (Å²) in [5.41, 5.74) is 10.3. The highest BCUT2D eigenvalue weighted by Crippen LogP contribution is 2.53. The van der Waals surface area contributed by atoms with E-state index < -0.39 is 18.2 Å². The minimum atomic E-state index is -0.684. The summed E-state index contributed by atoms with van der Waals surface area (Å²) in [4.78, 5) is 61.8. The minimum Gasteiger partial charge on any atom is -0.453 e. The van der Waals surface area contributed by atoms with Gasteiger partial charge in [-0.05, 0) is 105 Å². The molecule has 8 rings (SSSR count). The molecule has 5 atom stereocenters. The number of nitrogens with one attached hydrogen (secondary N) is 4. The molecular formula is C48H63N9O5. The number of amides is 3. The maximum absolute atomic E-state index is 13.7. The first-order valence-electron chi connectivity index (χ1n) is 22.4. The van der Waals surface area contributed by atoms with Gasteiger partial charge in [-0.3, -0.25) is 9.69 Å². The maximum atomic E-state index is 13.7. The molecule has 5 heterocycles. The second-order valence-electron chi connectivity index (χ2n) is 18.3. The number of carbonyl (C=O) groups excluding carboxylic acids is 3. The molecule has 3 unspecified atom stereocenters. The van der Waals surface area contributed by atoms with Crippen molar-refractivity contribution in [1.82, 2.24) is 45.3 Å². The average Bonchev–Trinajstić information content (AvgIpc) is 4.13. The summed E-state index contributed by atoms with van der Waals surface area (Å²) in [6, 6.07) is 12.2. The second-order valence-corrected chi connectivity index (χ2v) is 18.3. The molecule has 3 saturated heterocycles. The van der Waals surface area contributed by atoms with Crippen LogP contribution in [0.4, 0.5) is 9.59 Å². The molecule has 2 aromatic heterocycles. The number of methoxy groups -OCH3 is 2. The Morgan fingerprint density at radius 1 is 0.742 bits per heavy atom. The van der Waals surface area contributed by atoms with Crippen LogP contribution < -0.4 is 10.6 Å². The van der Waals surface area contributed by atoms with Gasteiger partial charge in [0, 0.05) is 29.9 Å². The number of nitrogens with zero attached hydrogens (tertiary/aromatic N) is 5. The van der Waals surface area contributed by atoms with Crippen LogP contribution >= 0.6 is 0 Å². The van der Waals surface area contributed by atoms with Crippen LogP contribution in [0.1, 0.15) is 108 Å². The molecule has 3 amide bonds. The maximum Gasteiger partial charge on any atom is 0.407 e. The van der Waals surface area contributed by atoms with E-state index >= 15 is 0 Å². The van der Waals surface area contributed by atoms with Gasteiger partial charge in [0.25, 0.3) is 0 Å². The monoisotopic (exact) mass is 845 g/mol. The number of hydrogen-bond donors (Lipinski definition) is 4. The van der Waals surface area contributed by atoms with Crippen molar-refractivity contribution in [2.75, 3.05) is 40.9 Å². The van der Waals surface area contributed by atoms with Gasteiger partial charge in [0.2, 0.25) is 5.91 Å². The van der Waals surface area contributed by atoms with E-state index in [1.807, 2.05) is 31.1 Å². The van der Waals surface area contributed by atoms with E-state index in [0.29, 0.717) is 6.54 Å². The highest BCUT2D eigenvalue weighted by Gasteiger charge is 2.47. The van der Waals surface area contributed by atoms with E-state index in [2.05, 4.69) is 94.3 Å². The van der Waals surface area contributed by atoms with E-state index in [1.54, 1.807) is 0 Å². The number of hydrogen-bond acceptors (Lipinski definition) is 9. The van der Waals surface area contributed by atoms with Gasteiger partial charge in [0.1, 0.15) is 17.7 Å². The van der Waals surface area contributed by atoms with Gasteiger partial charge in [-0.25, -0.2) is 19.6 Å². The van der Waals surface area contributed by atoms with Crippen LogP contribution in [-0.4, -0.2) is 106 Å². The van der Waals surface area contributed by atoms with E-state index in [9.17, 15) is 14.4 Å². The van der Waals surface area contributed by atoms with Gasteiger partial charge in [-0.1, -0.05) is 70.7 Å². The highest BCUT2D eigenvalue weighted by atomic mass is 16.5. The fourth-order valence-electron chi connectivity index (χ4n) is 10.7. The smallest absolute Gasteiger partial charge is 0.407 e. The lowest BCUT2D eigenvalue weighted by Gasteiger charge is -2.35. The lowest BCUT2D eigenvalue weighted by atomic mass is 9.82. The fourth-order valence-corrected chi connectivity index (χ4v) is 10.7. The number of benzene rings is 2. The zero-order chi connectivity index (χ0) is 43.9. The van der Waals surface area contributed by atoms with Crippen molar-refractivity contribution in [3.05, 3.63) is 83.8 Å². The van der Waals surface area contributed by atoms with Crippen LogP contribution in [0, 0.1) is 11.8 Å². The highest BCUT2D eigenvalue weighted by molar-refractivity contribution is 5.86. The topological polar surface area (TPSA) is 161 Å². The van der Waals surface area contributed by atoms with Gasteiger partial charge in [0.05, 0.1) is 56.1 Å². The Morgan fingerprint density at radius 3 is 1.92 bits per heavy atom. The van der Waals surface area contributed by atoms with Crippen molar-refractivity contribution < 1.29 is 23.9 Å². The molecule has 3 fully saturated rings. The van der Waals surface area contributed by atoms with E-state index in [0.717, 1.165) is 92.3 Å². The first-order valence-corrected chi connectivity index (χ1v) is 22.4. The third kappa shape index (κ3) is 7.86. The molecule has 1 aliphatic carbocycles. The molecule has 0 radical (unpaired) electrons. The second kappa shape index (κ2) is 17.6. The number of likely N-dealkylation sites (tertiary alicyclic amines) is 3. The summed E-state index contributed by atoms with van der Waals surface area (Å²) in [6.07, 6.45) is 10.8. The zero-order valence-corrected chi connectivity index (χ0v) is 37.3. The zero-order valence-electron chi connectivity index (χ0n) is 37.3. The number of aromatic nitrogens is 4. The minimum absolute atomic E-state index is 0.0233. The van der Waals surface area contributed by atoms with Gasteiger partial charge < -0.3 is 39.9 Å². The predicted octanol–water partition coefficient (Wildman–Crippen LogP) is 8.08. The van der Waals surface area contributed by atoms with E-state index in [-0.39, 0.29) is 41.4 Å². The van der Waals surface area contributed by atoms with Crippen molar-refractivity contribution in [2.24, 2.45) is 11.8 Å². The summed E-state index contributed by atoms with van der Waals surface area (Å²) in [6.45, 7) is 15.0. The first-order chi connectivity index (χ1) is 29.8. The fraction of sp³-hybridized carbons (Fsp3) is 0.521. The summed E-state index contributed by atoms with van der Waals surface area (Å²) in [7, 11) is 4.97. The lowest BCUT2D eigenvalue weighted by molar-refractivity contribution is -0.135. The normalized spacial score (nSPS) is 22.1. The van der Waals surface area contributed by atoms with Gasteiger partial charge >= 0.3 is 12.2 Å². The largest absolute Gasteiger partial charge is 0.453 e. The van der Waals surface area contributed by atoms with Crippen molar-refractivity contribution in [3.8, 4) is 33.6 Å². The molecule has 14 heteroatoms. The molecule has 62 heavy (non-hydrogen) atoms. The SMILES string of the molecule is C=C([C@@H](NC(=O)OC)C(C)C)N1CCCC1c1ncc(-c2ccc(-c3ccc(-c4cnc([C@@H]5CCCN5C(=O)C(NC(=O)OC)C(C)C)[nH]4)cc3)c3c2CCC32CCCN2C)[nH]1. The molecule has 1 spiro atoms. The molecule has 0 saturated carbocycles. The van der Waals surface area contributed by atoms with Gasteiger partial charge in [0.15, 0.2) is 0 Å². The Morgan fingerprint density at radius 2 is 1.31 bits per heavy atom. The number of alkyl carbamates (subject to hydrolysis) is 2. The van der Waals surface area contributed by atoms with Crippen molar-refractivity contribution in [2.45, 2.75) is 109 Å². The number of fused-ring (bicyclic) bond motifs is 2. The average molecular weight is 846 g/mol. The Hall–Kier alpha value is -5.63. The van der Waals surface area contributed by atoms with Crippen molar-refractivity contribution >= 4 is 18.1 Å². The standard InChI is InChI=1S/C48H63N9O5/c1-28(2)41(53-46(59)61-7)30(5)56-24-9-12-38(56)43-50-27-37(52-43)34-19-18-33(40-35(34)20-22-48(40)21-11-23-55(48)6)31-14-16-32(17-15-31)36-26-49-44(51-36)39-13-10-25-57(39)45(58)42(29(3)4)54-47(60)62-8/h14-19,26-29,38-39,41-42H,5,9-13,20-25H2,1-4,6-8H3,(H,49,51)(H,50,52)(H,53,59)(H,54,60)/t38?,39-,41-,42?,48?/m0/s1. The third-order valence-corrected chi connectivity index (χ3v) is 14.0. The lowest BCUT2D eigenvalue weighted by Crippen LogP contribution is -2.51. The predicted molar refractivity (Wildman–Crippen MR) is 239 cm³/mol. The Balaban J connectivity index is 1.05. The van der Waals surface area contributed by atoms with Crippen LogP contribution in [0.5, 0.6) is 0 Å². The molecule has 4 N–H and O–H groups in total. The number of aromatic amines is 2. The Kier molecular flexibility index (Phi) is 12.2. The first kappa shape index (κ1) is 43.0. The molecule has 14 nitrogen and oxygen atoms in total. The van der Waals surface area contributed by atoms with Crippen LogP contribution in [0.3, 0.4) is 0 Å². The van der Waals surface area contributed by atoms with E-state index in [1.165, 1.54) is 48.5 Å². The number of imidazole rings is 2. The summed E-state index contributed by atoms with van der Waals surface area (Å²) in [5, 5.41) is 5.72. The molecule has 330 valence electrons. The van der Waals surface area contributed by atoms with Crippen LogP contribution in [0.15, 0.2) is 61.1 Å². The number of H-pyrrole nitrogens is 2. The quantitative estimate of drug-likeness (QED) is 0.111. The van der Waals surface area contributed by atoms with Crippen LogP contribution in [-0.2, 0) is 26.2 Å². The molecular weight excluding hydrogens is 783 g/mol. The summed E-state index contributed by atoms with van der Waals surface area (Å²) in [5.74, 6) is 1.58. The number of ether oxygens (including phenoxy) is 2. The molecule has 4 aliphatic rings. The summed E-state index contributed by atoms with van der Waals surface area (Å²) < 4.78 is 9.74. The van der Waals surface area contributed by atoms with Crippen LogP contribution in [0.25, 0.3) is 33.6 Å². The molecule has 2 aromatic carbocycles. The third-order valence-electron chi connectivity index (χ3n) is 14.0. The molecule has 4 aromatic rings. The van der Waals surface area contributed by atoms with Crippen LogP contribution in [0.2, 0.25) is 0 Å². The Bertz CT molecular complexity index is 2300. The molecule has 3 aliphatic heterocycles. The van der Waals surface area contributed by atoms with Gasteiger partial charge in [-0.2, -0.15) is 0 Å². The summed E-state index contributed by atoms with van der Waals surface area (Å²) >= 11 is 0. The number of carbonyl (C=O) groups is 3. The Labute approximate surface area is 365 Å². The van der Waals surface area contributed by atoms with Gasteiger partial charge in [-0.15, -0.1) is 0 Å². The molecule has 0 bridgehead atoms. The van der Waals surface area contributed by atoms with E-state index in [4.69, 9.17) is 19.4 Å². The van der Waals surface area contributed by atoms with Crippen molar-refractivity contribution in [3.63, 3.8) is 0 Å². The number of rotatable bonds is 12.